The third kappa shape index (κ3) is 2.53. The van der Waals surface area contributed by atoms with Crippen LogP contribution in [0.2, 0.25) is 0 Å². The lowest BCUT2D eigenvalue weighted by Crippen LogP contribution is -2.03. The fourth-order valence-electron chi connectivity index (χ4n) is 1.79. The molecule has 0 unspecified atom stereocenters. The first-order valence-corrected chi connectivity index (χ1v) is 5.53. The third-order valence-corrected chi connectivity index (χ3v) is 2.68. The molecule has 1 aromatic heterocycles. The van der Waals surface area contributed by atoms with Crippen molar-refractivity contribution < 1.29 is 9.90 Å². The molecule has 0 aliphatic heterocycles. The van der Waals surface area contributed by atoms with E-state index in [1.165, 1.54) is 0 Å². The van der Waals surface area contributed by atoms with Crippen LogP contribution in [-0.4, -0.2) is 20.6 Å². The van der Waals surface area contributed by atoms with E-state index in [1.54, 1.807) is 24.4 Å². The first-order valence-electron chi connectivity index (χ1n) is 5.53. The van der Waals surface area contributed by atoms with Gasteiger partial charge in [0.2, 0.25) is 0 Å². The predicted octanol–water partition coefficient (Wildman–Crippen LogP) is 2.19. The Morgan fingerprint density at radius 3 is 3.00 bits per heavy atom. The molecule has 88 valence electrons. The summed E-state index contributed by atoms with van der Waals surface area (Å²) < 4.78 is 2.05. The lowest BCUT2D eigenvalue weighted by atomic mass is 10.1. The zero-order chi connectivity index (χ0) is 12.3. The predicted molar refractivity (Wildman–Crippen MR) is 64.1 cm³/mol. The summed E-state index contributed by atoms with van der Waals surface area (Å²) in [4.78, 5) is 15.1. The summed E-state index contributed by atoms with van der Waals surface area (Å²) in [5.74, 6) is 0.0562. The zero-order valence-electron chi connectivity index (χ0n) is 9.63. The molecule has 2 aromatic rings. The van der Waals surface area contributed by atoms with Crippen molar-refractivity contribution >= 4 is 5.97 Å². The van der Waals surface area contributed by atoms with E-state index < -0.39 is 5.97 Å². The highest BCUT2D eigenvalue weighted by Crippen LogP contribution is 2.10. The number of carbonyl (C=O) groups is 1. The summed E-state index contributed by atoms with van der Waals surface area (Å²) in [7, 11) is 0. The number of hydrogen-bond donors (Lipinski definition) is 1. The molecule has 0 atom stereocenters. The maximum atomic E-state index is 10.9. The van der Waals surface area contributed by atoms with Crippen molar-refractivity contribution in [1.82, 2.24) is 9.55 Å². The number of rotatable bonds is 4. The van der Waals surface area contributed by atoms with Gasteiger partial charge >= 0.3 is 5.97 Å². The van der Waals surface area contributed by atoms with Gasteiger partial charge in [-0.1, -0.05) is 12.1 Å². The highest BCUT2D eigenvalue weighted by molar-refractivity contribution is 5.87. The molecule has 0 aliphatic carbocycles. The van der Waals surface area contributed by atoms with Crippen molar-refractivity contribution in [2.24, 2.45) is 0 Å². The molecule has 0 saturated heterocycles. The van der Waals surface area contributed by atoms with E-state index in [9.17, 15) is 4.79 Å². The number of aryl methyl sites for hydroxylation is 1. The molecule has 1 aromatic carbocycles. The Balaban J connectivity index is 2.24. The van der Waals surface area contributed by atoms with Crippen molar-refractivity contribution in [3.05, 3.63) is 53.6 Å². The molecule has 0 radical (unpaired) electrons. The van der Waals surface area contributed by atoms with Crippen LogP contribution in [0.5, 0.6) is 0 Å². The number of carboxylic acid groups (broad SMARTS) is 1. The fourth-order valence-corrected chi connectivity index (χ4v) is 1.79. The minimum atomic E-state index is -0.898. The lowest BCUT2D eigenvalue weighted by molar-refractivity contribution is 0.0697. The molecule has 0 saturated carbocycles. The summed E-state index contributed by atoms with van der Waals surface area (Å²) in [6, 6.07) is 6.97. The number of aromatic nitrogens is 2. The molecule has 1 heterocycles. The Kier molecular flexibility index (Phi) is 3.23. The van der Waals surface area contributed by atoms with Crippen molar-refractivity contribution in [1.29, 1.82) is 0 Å². The Morgan fingerprint density at radius 2 is 2.29 bits per heavy atom. The monoisotopic (exact) mass is 230 g/mol. The van der Waals surface area contributed by atoms with Crippen LogP contribution in [0.25, 0.3) is 0 Å². The van der Waals surface area contributed by atoms with Gasteiger partial charge in [-0.25, -0.2) is 9.78 Å². The first-order chi connectivity index (χ1) is 8.20. The van der Waals surface area contributed by atoms with Gasteiger partial charge in [0, 0.05) is 25.4 Å². The number of imidazole rings is 1. The van der Waals surface area contributed by atoms with Crippen LogP contribution in [0.3, 0.4) is 0 Å². The maximum Gasteiger partial charge on any atom is 0.335 e. The molecule has 1 N–H and O–H groups in total. The molecule has 0 bridgehead atoms. The molecule has 4 heteroatoms. The van der Waals surface area contributed by atoms with Crippen molar-refractivity contribution in [3.8, 4) is 0 Å². The van der Waals surface area contributed by atoms with Gasteiger partial charge in [-0.2, -0.15) is 0 Å². The second-order valence-corrected chi connectivity index (χ2v) is 3.81. The van der Waals surface area contributed by atoms with Gasteiger partial charge in [0.15, 0.2) is 0 Å². The Morgan fingerprint density at radius 1 is 1.47 bits per heavy atom. The minimum Gasteiger partial charge on any atom is -0.478 e. The SMILES string of the molecule is CCn1ccnc1Cc1cccc(C(=O)O)c1. The number of hydrogen-bond acceptors (Lipinski definition) is 2. The van der Waals surface area contributed by atoms with Crippen LogP contribution < -0.4 is 0 Å². The molecule has 0 amide bonds. The van der Waals surface area contributed by atoms with E-state index in [0.717, 1.165) is 17.9 Å². The van der Waals surface area contributed by atoms with E-state index in [4.69, 9.17) is 5.11 Å². The number of carboxylic acids is 1. The van der Waals surface area contributed by atoms with E-state index in [1.807, 2.05) is 16.8 Å². The van der Waals surface area contributed by atoms with Crippen LogP contribution in [0.15, 0.2) is 36.7 Å². The second kappa shape index (κ2) is 4.82. The van der Waals surface area contributed by atoms with Gasteiger partial charge in [0.1, 0.15) is 5.82 Å². The van der Waals surface area contributed by atoms with E-state index in [0.29, 0.717) is 12.0 Å². The number of benzene rings is 1. The molecule has 0 aliphatic rings. The van der Waals surface area contributed by atoms with Gasteiger partial charge in [0.05, 0.1) is 5.56 Å². The van der Waals surface area contributed by atoms with Crippen molar-refractivity contribution in [3.63, 3.8) is 0 Å². The van der Waals surface area contributed by atoms with Gasteiger partial charge in [-0.3, -0.25) is 0 Å². The Hall–Kier alpha value is -2.10. The van der Waals surface area contributed by atoms with E-state index >= 15 is 0 Å². The molecule has 0 spiro atoms. The summed E-state index contributed by atoms with van der Waals surface area (Å²) in [5, 5.41) is 8.92. The van der Waals surface area contributed by atoms with Gasteiger partial charge in [-0.05, 0) is 24.6 Å². The fraction of sp³-hybridized carbons (Fsp3) is 0.231. The quantitative estimate of drug-likeness (QED) is 0.876. The normalized spacial score (nSPS) is 10.4. The van der Waals surface area contributed by atoms with Gasteiger partial charge in [0.25, 0.3) is 0 Å². The third-order valence-electron chi connectivity index (χ3n) is 2.68. The van der Waals surface area contributed by atoms with Crippen molar-refractivity contribution in [2.75, 3.05) is 0 Å². The van der Waals surface area contributed by atoms with E-state index in [2.05, 4.69) is 11.9 Å². The Bertz CT molecular complexity index is 532. The minimum absolute atomic E-state index is 0.317. The highest BCUT2D eigenvalue weighted by atomic mass is 16.4. The number of nitrogens with zero attached hydrogens (tertiary/aromatic N) is 2. The number of aromatic carboxylic acids is 1. The molecule has 2 rings (SSSR count). The summed E-state index contributed by atoms with van der Waals surface area (Å²) in [6.45, 7) is 2.92. The van der Waals surface area contributed by atoms with E-state index in [-0.39, 0.29) is 0 Å². The molecular weight excluding hydrogens is 216 g/mol. The van der Waals surface area contributed by atoms with Crippen LogP contribution in [0.4, 0.5) is 0 Å². The average molecular weight is 230 g/mol. The molecule has 17 heavy (non-hydrogen) atoms. The highest BCUT2D eigenvalue weighted by Gasteiger charge is 2.06. The van der Waals surface area contributed by atoms with Crippen LogP contribution in [0.1, 0.15) is 28.7 Å². The average Bonchev–Trinajstić information content (AvgIpc) is 2.76. The van der Waals surface area contributed by atoms with Gasteiger partial charge in [-0.15, -0.1) is 0 Å². The smallest absolute Gasteiger partial charge is 0.335 e. The standard InChI is InChI=1S/C13H14N2O2/c1-2-15-7-6-14-12(15)9-10-4-3-5-11(8-10)13(16)17/h3-8H,2,9H2,1H3,(H,16,17). The van der Waals surface area contributed by atoms with Crippen LogP contribution >= 0.6 is 0 Å². The van der Waals surface area contributed by atoms with Crippen molar-refractivity contribution in [2.45, 2.75) is 19.9 Å². The summed E-state index contributed by atoms with van der Waals surface area (Å²) in [6.07, 6.45) is 4.35. The van der Waals surface area contributed by atoms with Gasteiger partial charge < -0.3 is 9.67 Å². The molecule has 0 fully saturated rings. The maximum absolute atomic E-state index is 10.9. The summed E-state index contributed by atoms with van der Waals surface area (Å²) in [5.41, 5.74) is 1.28. The van der Waals surface area contributed by atoms with Crippen LogP contribution in [-0.2, 0) is 13.0 Å². The summed E-state index contributed by atoms with van der Waals surface area (Å²) >= 11 is 0. The largest absolute Gasteiger partial charge is 0.478 e. The molecule has 4 nitrogen and oxygen atoms in total. The zero-order valence-corrected chi connectivity index (χ0v) is 9.63. The first kappa shape index (κ1) is 11.4. The Labute approximate surface area is 99.5 Å². The topological polar surface area (TPSA) is 55.1 Å². The molecular formula is C13H14N2O2. The second-order valence-electron chi connectivity index (χ2n) is 3.81. The van der Waals surface area contributed by atoms with Crippen LogP contribution in [0, 0.1) is 0 Å². The lowest BCUT2D eigenvalue weighted by Gasteiger charge is -2.05.